The third kappa shape index (κ3) is 3.68. The van der Waals surface area contributed by atoms with Gasteiger partial charge in [0.1, 0.15) is 6.04 Å². The molecular formula is C17H24N2O2. The van der Waals surface area contributed by atoms with E-state index in [1.165, 1.54) is 19.3 Å². The second-order valence-electron chi connectivity index (χ2n) is 5.65. The lowest BCUT2D eigenvalue weighted by atomic mass is 9.92. The summed E-state index contributed by atoms with van der Waals surface area (Å²) in [6, 6.07) is 7.77. The Morgan fingerprint density at radius 3 is 2.71 bits per heavy atom. The molecule has 1 fully saturated rings. The van der Waals surface area contributed by atoms with E-state index in [9.17, 15) is 10.4 Å². The predicted molar refractivity (Wildman–Crippen MR) is 82.3 cm³/mol. The predicted octanol–water partition coefficient (Wildman–Crippen LogP) is 3.62. The molecule has 21 heavy (non-hydrogen) atoms. The maximum Gasteiger partial charge on any atom is 0.161 e. The maximum atomic E-state index is 9.79. The second kappa shape index (κ2) is 7.33. The fourth-order valence-electron chi connectivity index (χ4n) is 3.07. The van der Waals surface area contributed by atoms with Crippen molar-refractivity contribution in [3.63, 3.8) is 0 Å². The van der Waals surface area contributed by atoms with Crippen LogP contribution in [0, 0.1) is 11.3 Å². The summed E-state index contributed by atoms with van der Waals surface area (Å²) in [5.41, 5.74) is 0.881. The third-order valence-electron chi connectivity index (χ3n) is 4.28. The van der Waals surface area contributed by atoms with Gasteiger partial charge in [-0.1, -0.05) is 25.3 Å². The molecule has 1 unspecified atom stereocenters. The van der Waals surface area contributed by atoms with Gasteiger partial charge in [-0.15, -0.1) is 0 Å². The van der Waals surface area contributed by atoms with Crippen molar-refractivity contribution < 1.29 is 9.84 Å². The number of phenolic OH excluding ortho intramolecular Hbond substituents is 1. The van der Waals surface area contributed by atoms with E-state index in [1.807, 2.05) is 20.0 Å². The van der Waals surface area contributed by atoms with E-state index < -0.39 is 0 Å². The van der Waals surface area contributed by atoms with Crippen LogP contribution >= 0.6 is 0 Å². The molecule has 0 spiro atoms. The molecule has 1 atom stereocenters. The van der Waals surface area contributed by atoms with Crippen LogP contribution < -0.4 is 4.74 Å². The number of hydrogen-bond acceptors (Lipinski definition) is 4. The van der Waals surface area contributed by atoms with Gasteiger partial charge in [0.15, 0.2) is 11.5 Å². The number of aromatic hydroxyl groups is 1. The summed E-state index contributed by atoms with van der Waals surface area (Å²) >= 11 is 0. The molecule has 0 amide bonds. The Morgan fingerprint density at radius 1 is 1.38 bits per heavy atom. The van der Waals surface area contributed by atoms with Crippen LogP contribution in [-0.2, 0) is 0 Å². The smallest absolute Gasteiger partial charge is 0.161 e. The molecule has 4 nitrogen and oxygen atoms in total. The molecule has 0 saturated heterocycles. The van der Waals surface area contributed by atoms with Crippen LogP contribution in [0.4, 0.5) is 0 Å². The molecule has 0 bridgehead atoms. The molecule has 114 valence electrons. The van der Waals surface area contributed by atoms with Gasteiger partial charge < -0.3 is 9.84 Å². The van der Waals surface area contributed by atoms with Gasteiger partial charge in [-0.2, -0.15) is 5.26 Å². The average Bonchev–Trinajstić information content (AvgIpc) is 2.52. The van der Waals surface area contributed by atoms with E-state index in [4.69, 9.17) is 4.74 Å². The van der Waals surface area contributed by atoms with Crippen LogP contribution in [0.5, 0.6) is 11.5 Å². The largest absolute Gasteiger partial charge is 0.504 e. The topological polar surface area (TPSA) is 56.5 Å². The third-order valence-corrected chi connectivity index (χ3v) is 4.28. The van der Waals surface area contributed by atoms with Gasteiger partial charge in [-0.3, -0.25) is 4.90 Å². The van der Waals surface area contributed by atoms with E-state index in [2.05, 4.69) is 11.0 Å². The number of nitriles is 1. The lowest BCUT2D eigenvalue weighted by Crippen LogP contribution is -2.36. The second-order valence-corrected chi connectivity index (χ2v) is 5.65. The van der Waals surface area contributed by atoms with Gasteiger partial charge in [0, 0.05) is 6.04 Å². The Hall–Kier alpha value is -1.73. The van der Waals surface area contributed by atoms with E-state index >= 15 is 0 Å². The zero-order valence-electron chi connectivity index (χ0n) is 12.9. The normalized spacial score (nSPS) is 17.4. The minimum absolute atomic E-state index is 0.123. The number of hydrogen-bond donors (Lipinski definition) is 1. The maximum absolute atomic E-state index is 9.79. The Morgan fingerprint density at radius 2 is 2.10 bits per heavy atom. The van der Waals surface area contributed by atoms with E-state index in [0.717, 1.165) is 18.4 Å². The van der Waals surface area contributed by atoms with Gasteiger partial charge in [0.2, 0.25) is 0 Å². The summed E-state index contributed by atoms with van der Waals surface area (Å²) in [5.74, 6) is 0.574. The number of rotatable bonds is 5. The summed E-state index contributed by atoms with van der Waals surface area (Å²) in [6.45, 7) is 2.37. The molecule has 1 N–H and O–H groups in total. The Labute approximate surface area is 127 Å². The SMILES string of the molecule is CCOc1cc(C(C#N)N(C)C2CCCCC2)ccc1O. The molecule has 1 aromatic carbocycles. The van der Waals surface area contributed by atoms with E-state index in [0.29, 0.717) is 18.4 Å². The fourth-order valence-corrected chi connectivity index (χ4v) is 3.07. The monoisotopic (exact) mass is 288 g/mol. The molecule has 1 saturated carbocycles. The van der Waals surface area contributed by atoms with Crippen LogP contribution in [0.1, 0.15) is 50.6 Å². The molecule has 0 radical (unpaired) electrons. The van der Waals surface area contributed by atoms with Gasteiger partial charge in [-0.05, 0) is 44.5 Å². The van der Waals surface area contributed by atoms with Crippen molar-refractivity contribution in [2.24, 2.45) is 0 Å². The van der Waals surface area contributed by atoms with Crippen molar-refractivity contribution in [1.82, 2.24) is 4.90 Å². The zero-order valence-corrected chi connectivity index (χ0v) is 12.9. The Balaban J connectivity index is 2.20. The molecule has 2 rings (SSSR count). The van der Waals surface area contributed by atoms with Crippen molar-refractivity contribution in [2.75, 3.05) is 13.7 Å². The molecule has 1 aliphatic carbocycles. The van der Waals surface area contributed by atoms with Gasteiger partial charge in [0.25, 0.3) is 0 Å². The van der Waals surface area contributed by atoms with Gasteiger partial charge in [-0.25, -0.2) is 0 Å². The zero-order chi connectivity index (χ0) is 15.2. The number of nitrogens with zero attached hydrogens (tertiary/aromatic N) is 2. The molecule has 0 heterocycles. The van der Waals surface area contributed by atoms with Gasteiger partial charge in [0.05, 0.1) is 12.7 Å². The lowest BCUT2D eigenvalue weighted by Gasteiger charge is -2.34. The summed E-state index contributed by atoms with van der Waals surface area (Å²) in [7, 11) is 2.02. The van der Waals surface area contributed by atoms with Crippen LogP contribution in [0.3, 0.4) is 0 Å². The van der Waals surface area contributed by atoms with E-state index in [1.54, 1.807) is 12.1 Å². The van der Waals surface area contributed by atoms with Crippen LogP contribution in [0.25, 0.3) is 0 Å². The van der Waals surface area contributed by atoms with Crippen molar-refractivity contribution in [2.45, 2.75) is 51.1 Å². The standard InChI is InChI=1S/C17H24N2O2/c1-3-21-17-11-13(9-10-16(17)20)15(12-18)19(2)14-7-5-4-6-8-14/h9-11,14-15,20H,3-8H2,1-2H3. The van der Waals surface area contributed by atoms with Crippen molar-refractivity contribution in [1.29, 1.82) is 5.26 Å². The lowest BCUT2D eigenvalue weighted by molar-refractivity contribution is 0.164. The number of phenols is 1. The summed E-state index contributed by atoms with van der Waals surface area (Å²) in [6.07, 6.45) is 6.10. The summed E-state index contributed by atoms with van der Waals surface area (Å²) in [5, 5.41) is 19.4. The van der Waals surface area contributed by atoms with E-state index in [-0.39, 0.29) is 11.8 Å². The molecule has 1 aromatic rings. The first-order valence-electron chi connectivity index (χ1n) is 7.74. The van der Waals surface area contributed by atoms with Crippen LogP contribution in [-0.4, -0.2) is 29.7 Å². The first-order chi connectivity index (χ1) is 10.2. The van der Waals surface area contributed by atoms with Crippen molar-refractivity contribution in [3.05, 3.63) is 23.8 Å². The summed E-state index contributed by atoms with van der Waals surface area (Å²) < 4.78 is 5.42. The van der Waals surface area contributed by atoms with Crippen molar-refractivity contribution >= 4 is 0 Å². The highest BCUT2D eigenvalue weighted by Gasteiger charge is 2.26. The minimum Gasteiger partial charge on any atom is -0.504 e. The molecule has 4 heteroatoms. The fraction of sp³-hybridized carbons (Fsp3) is 0.588. The highest BCUT2D eigenvalue weighted by atomic mass is 16.5. The average molecular weight is 288 g/mol. The molecule has 0 aromatic heterocycles. The number of ether oxygens (including phenoxy) is 1. The summed E-state index contributed by atoms with van der Waals surface area (Å²) in [4.78, 5) is 2.17. The van der Waals surface area contributed by atoms with Crippen LogP contribution in [0.15, 0.2) is 18.2 Å². The van der Waals surface area contributed by atoms with Crippen LogP contribution in [0.2, 0.25) is 0 Å². The first-order valence-corrected chi connectivity index (χ1v) is 7.74. The highest BCUT2D eigenvalue weighted by Crippen LogP contribution is 2.33. The minimum atomic E-state index is -0.298. The van der Waals surface area contributed by atoms with Gasteiger partial charge >= 0.3 is 0 Å². The molecular weight excluding hydrogens is 264 g/mol. The Kier molecular flexibility index (Phi) is 5.46. The number of benzene rings is 1. The molecule has 0 aliphatic heterocycles. The highest BCUT2D eigenvalue weighted by molar-refractivity contribution is 5.43. The Bertz CT molecular complexity index is 504. The van der Waals surface area contributed by atoms with Crippen molar-refractivity contribution in [3.8, 4) is 17.6 Å². The first kappa shape index (κ1) is 15.7. The molecule has 1 aliphatic rings. The quantitative estimate of drug-likeness (QED) is 0.899.